The first-order valence-corrected chi connectivity index (χ1v) is 6.63. The van der Waals surface area contributed by atoms with Gasteiger partial charge in [-0.1, -0.05) is 12.8 Å². The Morgan fingerprint density at radius 3 is 2.17 bits per heavy atom. The molecular weight excluding hydrogens is 277 g/mol. The van der Waals surface area contributed by atoms with E-state index in [0.29, 0.717) is 12.8 Å². The van der Waals surface area contributed by atoms with E-state index < -0.39 is 34.4 Å². The molecule has 0 aliphatic heterocycles. The molecule has 1 aliphatic carbocycles. The third-order valence-corrected chi connectivity index (χ3v) is 3.84. The van der Waals surface area contributed by atoms with Gasteiger partial charge in [-0.25, -0.2) is 0 Å². The molecule has 1 saturated carbocycles. The minimum Gasteiger partial charge on any atom is -0.480 e. The van der Waals surface area contributed by atoms with Gasteiger partial charge < -0.3 is 5.11 Å². The molecule has 1 rings (SSSR count). The van der Waals surface area contributed by atoms with E-state index in [1.54, 1.807) is 4.72 Å². The number of aliphatic carboxylic acids is 1. The smallest absolute Gasteiger partial charge is 0.402 e. The van der Waals surface area contributed by atoms with E-state index in [1.165, 1.54) is 4.72 Å². The number of carboxylic acid groups (broad SMARTS) is 1. The Kier molecular flexibility index (Phi) is 4.23. The highest BCUT2D eigenvalue weighted by molar-refractivity contribution is 7.87. The zero-order valence-corrected chi connectivity index (χ0v) is 10.1. The summed E-state index contributed by atoms with van der Waals surface area (Å²) in [4.78, 5) is 11.0. The molecular formula is C8H13F3N2O4S. The second-order valence-corrected chi connectivity index (χ2v) is 5.64. The number of hydrogen-bond acceptors (Lipinski definition) is 3. The highest BCUT2D eigenvalue weighted by atomic mass is 32.2. The average Bonchev–Trinajstić information content (AvgIpc) is 2.63. The maximum absolute atomic E-state index is 11.9. The fourth-order valence-corrected chi connectivity index (χ4v) is 3.04. The van der Waals surface area contributed by atoms with Crippen molar-refractivity contribution in [2.45, 2.75) is 37.4 Å². The average molecular weight is 290 g/mol. The first kappa shape index (κ1) is 15.2. The Balaban J connectivity index is 2.72. The summed E-state index contributed by atoms with van der Waals surface area (Å²) in [6.07, 6.45) is -3.55. The van der Waals surface area contributed by atoms with Gasteiger partial charge in [0, 0.05) is 0 Å². The summed E-state index contributed by atoms with van der Waals surface area (Å²) >= 11 is 0. The lowest BCUT2D eigenvalue weighted by Gasteiger charge is -2.25. The van der Waals surface area contributed by atoms with E-state index in [1.807, 2.05) is 0 Å². The SMILES string of the molecule is O=C(O)C1(NS(=O)(=O)NCC(F)(F)F)CCCC1. The molecule has 0 unspecified atom stereocenters. The summed E-state index contributed by atoms with van der Waals surface area (Å²) in [5.74, 6) is -1.38. The maximum atomic E-state index is 11.9. The second-order valence-electron chi connectivity index (χ2n) is 4.14. The van der Waals surface area contributed by atoms with Crippen molar-refractivity contribution < 1.29 is 31.5 Å². The van der Waals surface area contributed by atoms with E-state index >= 15 is 0 Å². The molecule has 106 valence electrons. The molecule has 1 aliphatic rings. The minimum atomic E-state index is -4.69. The molecule has 0 heterocycles. The van der Waals surface area contributed by atoms with Crippen LogP contribution in [0.15, 0.2) is 0 Å². The molecule has 0 aromatic carbocycles. The van der Waals surface area contributed by atoms with Gasteiger partial charge in [0.05, 0.1) is 0 Å². The Morgan fingerprint density at radius 2 is 1.78 bits per heavy atom. The van der Waals surface area contributed by atoms with E-state index in [-0.39, 0.29) is 12.8 Å². The third-order valence-electron chi connectivity index (χ3n) is 2.66. The summed E-state index contributed by atoms with van der Waals surface area (Å²) in [6.45, 7) is -1.74. The van der Waals surface area contributed by atoms with E-state index in [0.717, 1.165) is 0 Å². The maximum Gasteiger partial charge on any atom is 0.402 e. The first-order chi connectivity index (χ1) is 8.06. The summed E-state index contributed by atoms with van der Waals surface area (Å²) in [6, 6.07) is 0. The van der Waals surface area contributed by atoms with Crippen molar-refractivity contribution in [2.75, 3.05) is 6.54 Å². The zero-order valence-electron chi connectivity index (χ0n) is 9.25. The van der Waals surface area contributed by atoms with Crippen molar-refractivity contribution >= 4 is 16.2 Å². The lowest BCUT2D eigenvalue weighted by atomic mass is 10.0. The molecule has 6 nitrogen and oxygen atoms in total. The van der Waals surface area contributed by atoms with Crippen LogP contribution in [0, 0.1) is 0 Å². The first-order valence-electron chi connectivity index (χ1n) is 5.15. The van der Waals surface area contributed by atoms with Gasteiger partial charge in [-0.15, -0.1) is 0 Å². The van der Waals surface area contributed by atoms with Crippen molar-refractivity contribution in [1.29, 1.82) is 0 Å². The standard InChI is InChI=1S/C8H13F3N2O4S/c9-8(10,11)5-12-18(16,17)13-7(6(14)15)3-1-2-4-7/h12-13H,1-5H2,(H,14,15). The highest BCUT2D eigenvalue weighted by Crippen LogP contribution is 2.30. The second kappa shape index (κ2) is 5.02. The quantitative estimate of drug-likeness (QED) is 0.681. The molecule has 1 fully saturated rings. The van der Waals surface area contributed by atoms with Crippen molar-refractivity contribution in [3.05, 3.63) is 0 Å². The van der Waals surface area contributed by atoms with Crippen molar-refractivity contribution in [3.63, 3.8) is 0 Å². The van der Waals surface area contributed by atoms with E-state index in [4.69, 9.17) is 5.11 Å². The highest BCUT2D eigenvalue weighted by Gasteiger charge is 2.45. The Labute approximate surface area is 102 Å². The monoisotopic (exact) mass is 290 g/mol. The predicted molar refractivity (Wildman–Crippen MR) is 54.9 cm³/mol. The van der Waals surface area contributed by atoms with Crippen LogP contribution >= 0.6 is 0 Å². The molecule has 0 radical (unpaired) electrons. The van der Waals surface area contributed by atoms with Gasteiger partial charge in [0.2, 0.25) is 0 Å². The van der Waals surface area contributed by atoms with Gasteiger partial charge in [-0.2, -0.15) is 31.0 Å². The largest absolute Gasteiger partial charge is 0.480 e. The van der Waals surface area contributed by atoms with E-state index in [2.05, 4.69) is 0 Å². The summed E-state index contributed by atoms with van der Waals surface area (Å²) < 4.78 is 61.4. The van der Waals surface area contributed by atoms with Gasteiger partial charge in [0.1, 0.15) is 12.1 Å². The molecule has 0 aromatic heterocycles. The number of halogens is 3. The normalized spacial score (nSPS) is 19.9. The Morgan fingerprint density at radius 1 is 1.28 bits per heavy atom. The topological polar surface area (TPSA) is 95.5 Å². The Bertz CT molecular complexity index is 415. The van der Waals surface area contributed by atoms with Gasteiger partial charge in [0.25, 0.3) is 10.2 Å². The number of nitrogens with one attached hydrogen (secondary N) is 2. The van der Waals surface area contributed by atoms with Crippen molar-refractivity contribution in [1.82, 2.24) is 9.44 Å². The minimum absolute atomic E-state index is 0.0647. The number of hydrogen-bond donors (Lipinski definition) is 3. The number of carbonyl (C=O) groups is 1. The molecule has 0 bridgehead atoms. The molecule has 3 N–H and O–H groups in total. The molecule has 18 heavy (non-hydrogen) atoms. The summed E-state index contributed by atoms with van der Waals surface area (Å²) in [5.41, 5.74) is -1.70. The third kappa shape index (κ3) is 4.10. The summed E-state index contributed by atoms with van der Waals surface area (Å²) in [5, 5.41) is 8.98. The number of rotatable bonds is 5. The van der Waals surface area contributed by atoms with Crippen LogP contribution in [0.5, 0.6) is 0 Å². The lowest BCUT2D eigenvalue weighted by Crippen LogP contribution is -2.56. The molecule has 0 spiro atoms. The van der Waals surface area contributed by atoms with Crippen LogP contribution in [0.2, 0.25) is 0 Å². The number of alkyl halides is 3. The van der Waals surface area contributed by atoms with Crippen molar-refractivity contribution in [2.24, 2.45) is 0 Å². The van der Waals surface area contributed by atoms with Crippen LogP contribution in [0.25, 0.3) is 0 Å². The fourth-order valence-electron chi connectivity index (χ4n) is 1.81. The summed E-state index contributed by atoms with van der Waals surface area (Å²) in [7, 11) is -4.50. The van der Waals surface area contributed by atoms with Gasteiger partial charge in [0.15, 0.2) is 0 Å². The predicted octanol–water partition coefficient (Wildman–Crippen LogP) is 0.370. The molecule has 0 aromatic rings. The molecule has 10 heteroatoms. The van der Waals surface area contributed by atoms with Gasteiger partial charge in [-0.3, -0.25) is 4.79 Å². The van der Waals surface area contributed by atoms with Crippen LogP contribution in [0.3, 0.4) is 0 Å². The Hall–Kier alpha value is -0.870. The van der Waals surface area contributed by atoms with Crippen LogP contribution in [-0.2, 0) is 15.0 Å². The molecule has 0 amide bonds. The van der Waals surface area contributed by atoms with Crippen LogP contribution in [-0.4, -0.2) is 37.8 Å². The lowest BCUT2D eigenvalue weighted by molar-refractivity contribution is -0.143. The van der Waals surface area contributed by atoms with Crippen LogP contribution in [0.4, 0.5) is 13.2 Å². The number of carboxylic acids is 1. The fraction of sp³-hybridized carbons (Fsp3) is 0.875. The molecule has 0 saturated heterocycles. The van der Waals surface area contributed by atoms with Gasteiger partial charge in [-0.05, 0) is 12.8 Å². The van der Waals surface area contributed by atoms with Crippen LogP contribution < -0.4 is 9.44 Å². The van der Waals surface area contributed by atoms with E-state index in [9.17, 15) is 26.4 Å². The van der Waals surface area contributed by atoms with Gasteiger partial charge >= 0.3 is 12.1 Å². The van der Waals surface area contributed by atoms with Crippen LogP contribution in [0.1, 0.15) is 25.7 Å². The molecule has 0 atom stereocenters. The van der Waals surface area contributed by atoms with Crippen molar-refractivity contribution in [3.8, 4) is 0 Å². The zero-order chi connectivity index (χ0) is 14.0.